The van der Waals surface area contributed by atoms with E-state index in [4.69, 9.17) is 0 Å². The third-order valence-electron chi connectivity index (χ3n) is 3.66. The van der Waals surface area contributed by atoms with Crippen LogP contribution in [-0.4, -0.2) is 0 Å². The van der Waals surface area contributed by atoms with Gasteiger partial charge in [-0.2, -0.15) is 0 Å². The van der Waals surface area contributed by atoms with Gasteiger partial charge in [0, 0.05) is 0 Å². The standard InChI is InChI=1S/C17H13/c1-2-4-14-10-17-11-15(12-5-6-12)7-8-16(17)9-13(14)3-1/h1-4,7-10,12H,5-6H2. The molecule has 81 valence electrons. The second-order valence-corrected chi connectivity index (χ2v) is 4.97. The van der Waals surface area contributed by atoms with E-state index in [1.807, 2.05) is 0 Å². The van der Waals surface area contributed by atoms with E-state index in [2.05, 4.69) is 54.6 Å². The van der Waals surface area contributed by atoms with E-state index in [1.54, 1.807) is 0 Å². The molecule has 3 aromatic carbocycles. The van der Waals surface area contributed by atoms with Crippen LogP contribution in [0, 0.1) is 6.07 Å². The average Bonchev–Trinajstić information content (AvgIpc) is 3.20. The van der Waals surface area contributed by atoms with Crippen molar-refractivity contribution in [3.63, 3.8) is 0 Å². The van der Waals surface area contributed by atoms with Crippen molar-refractivity contribution in [3.05, 3.63) is 60.2 Å². The van der Waals surface area contributed by atoms with Gasteiger partial charge in [0.05, 0.1) is 0 Å². The molecular weight excluding hydrogens is 204 g/mol. The molecule has 4 rings (SSSR count). The Morgan fingerprint density at radius 1 is 0.824 bits per heavy atom. The molecule has 0 bridgehead atoms. The zero-order valence-corrected chi connectivity index (χ0v) is 9.61. The Balaban J connectivity index is 2.02. The molecule has 0 heterocycles. The van der Waals surface area contributed by atoms with Crippen LogP contribution in [0.4, 0.5) is 0 Å². The molecule has 0 aliphatic heterocycles. The molecule has 0 N–H and O–H groups in total. The van der Waals surface area contributed by atoms with E-state index in [0.29, 0.717) is 0 Å². The Bertz CT molecular complexity index is 705. The predicted octanol–water partition coefficient (Wildman–Crippen LogP) is 4.67. The number of hydrogen-bond donors (Lipinski definition) is 0. The van der Waals surface area contributed by atoms with Crippen LogP contribution in [0.15, 0.2) is 48.5 Å². The van der Waals surface area contributed by atoms with Gasteiger partial charge in [-0.15, -0.1) is 0 Å². The molecule has 1 fully saturated rings. The van der Waals surface area contributed by atoms with E-state index in [9.17, 15) is 0 Å². The van der Waals surface area contributed by atoms with Crippen molar-refractivity contribution in [2.24, 2.45) is 0 Å². The quantitative estimate of drug-likeness (QED) is 0.519. The summed E-state index contributed by atoms with van der Waals surface area (Å²) < 4.78 is 0. The molecule has 0 saturated heterocycles. The maximum Gasteiger partial charge on any atom is -0.00611 e. The Morgan fingerprint density at radius 2 is 1.59 bits per heavy atom. The van der Waals surface area contributed by atoms with Crippen molar-refractivity contribution in [3.8, 4) is 0 Å². The molecule has 0 aromatic heterocycles. The van der Waals surface area contributed by atoms with Crippen molar-refractivity contribution in [2.75, 3.05) is 0 Å². The molecular formula is C17H13. The second kappa shape index (κ2) is 3.33. The molecule has 1 radical (unpaired) electrons. The monoisotopic (exact) mass is 217 g/mol. The predicted molar refractivity (Wildman–Crippen MR) is 72.3 cm³/mol. The highest BCUT2D eigenvalue weighted by Crippen LogP contribution is 2.40. The molecule has 0 unspecified atom stereocenters. The van der Waals surface area contributed by atoms with E-state index in [0.717, 1.165) is 5.92 Å². The Morgan fingerprint density at radius 3 is 2.35 bits per heavy atom. The van der Waals surface area contributed by atoms with E-state index >= 15 is 0 Å². The molecule has 1 aliphatic carbocycles. The lowest BCUT2D eigenvalue weighted by molar-refractivity contribution is 1.13. The van der Waals surface area contributed by atoms with Gasteiger partial charge in [-0.25, -0.2) is 0 Å². The minimum atomic E-state index is 0.783. The Hall–Kier alpha value is -1.82. The number of benzene rings is 3. The molecule has 0 atom stereocenters. The second-order valence-electron chi connectivity index (χ2n) is 4.97. The molecule has 0 heteroatoms. The Labute approximate surface area is 101 Å². The largest absolute Gasteiger partial charge is 0.0616 e. The minimum Gasteiger partial charge on any atom is -0.0616 e. The van der Waals surface area contributed by atoms with Crippen molar-refractivity contribution in [1.82, 2.24) is 0 Å². The fraction of sp³-hybridized carbons (Fsp3) is 0.176. The first-order valence-corrected chi connectivity index (χ1v) is 6.25. The summed E-state index contributed by atoms with van der Waals surface area (Å²) in [5.74, 6) is 0.783. The van der Waals surface area contributed by atoms with Crippen molar-refractivity contribution < 1.29 is 0 Å². The van der Waals surface area contributed by atoms with Crippen LogP contribution in [0.3, 0.4) is 0 Å². The lowest BCUT2D eigenvalue weighted by Crippen LogP contribution is -1.81. The van der Waals surface area contributed by atoms with Gasteiger partial charge in [0.2, 0.25) is 0 Å². The number of rotatable bonds is 1. The number of hydrogen-bond acceptors (Lipinski definition) is 0. The zero-order valence-electron chi connectivity index (χ0n) is 9.61. The van der Waals surface area contributed by atoms with Crippen LogP contribution in [-0.2, 0) is 0 Å². The average molecular weight is 217 g/mol. The zero-order chi connectivity index (χ0) is 11.2. The number of fused-ring (bicyclic) bond motifs is 2. The first-order chi connectivity index (χ1) is 8.40. The van der Waals surface area contributed by atoms with E-state index < -0.39 is 0 Å². The summed E-state index contributed by atoms with van der Waals surface area (Å²) in [7, 11) is 0. The molecule has 1 saturated carbocycles. The van der Waals surface area contributed by atoms with Gasteiger partial charge in [0.25, 0.3) is 0 Å². The van der Waals surface area contributed by atoms with Crippen molar-refractivity contribution in [2.45, 2.75) is 18.8 Å². The summed E-state index contributed by atoms with van der Waals surface area (Å²) in [4.78, 5) is 0. The third kappa shape index (κ3) is 1.52. The summed E-state index contributed by atoms with van der Waals surface area (Å²) in [5.41, 5.74) is 1.40. The summed E-state index contributed by atoms with van der Waals surface area (Å²) in [6.07, 6.45) is 2.69. The highest BCUT2D eigenvalue weighted by atomic mass is 14.3. The highest BCUT2D eigenvalue weighted by Gasteiger charge is 2.23. The van der Waals surface area contributed by atoms with Gasteiger partial charge >= 0.3 is 0 Å². The maximum absolute atomic E-state index is 3.58. The van der Waals surface area contributed by atoms with Gasteiger partial charge in [-0.3, -0.25) is 0 Å². The molecule has 3 aromatic rings. The van der Waals surface area contributed by atoms with Gasteiger partial charge < -0.3 is 0 Å². The Kier molecular flexibility index (Phi) is 1.81. The molecule has 0 amide bonds. The van der Waals surface area contributed by atoms with Crippen LogP contribution in [0.1, 0.15) is 24.3 Å². The van der Waals surface area contributed by atoms with Crippen LogP contribution in [0.2, 0.25) is 0 Å². The topological polar surface area (TPSA) is 0 Å². The van der Waals surface area contributed by atoms with Crippen molar-refractivity contribution >= 4 is 21.5 Å². The lowest BCUT2D eigenvalue weighted by Gasteiger charge is -2.04. The molecule has 1 aliphatic rings. The van der Waals surface area contributed by atoms with Gasteiger partial charge in [0.1, 0.15) is 0 Å². The van der Waals surface area contributed by atoms with E-state index in [1.165, 1.54) is 39.9 Å². The first-order valence-electron chi connectivity index (χ1n) is 6.25. The van der Waals surface area contributed by atoms with Gasteiger partial charge in [-0.05, 0) is 64.1 Å². The fourth-order valence-corrected chi connectivity index (χ4v) is 2.51. The molecule has 0 nitrogen and oxygen atoms in total. The summed E-state index contributed by atoms with van der Waals surface area (Å²) >= 11 is 0. The molecule has 17 heavy (non-hydrogen) atoms. The smallest absolute Gasteiger partial charge is 0.00611 e. The molecule has 0 spiro atoms. The third-order valence-corrected chi connectivity index (χ3v) is 3.66. The van der Waals surface area contributed by atoms with E-state index in [-0.39, 0.29) is 0 Å². The van der Waals surface area contributed by atoms with Crippen molar-refractivity contribution in [1.29, 1.82) is 0 Å². The van der Waals surface area contributed by atoms with Crippen LogP contribution in [0.5, 0.6) is 0 Å². The van der Waals surface area contributed by atoms with Crippen LogP contribution in [0.25, 0.3) is 21.5 Å². The summed E-state index contributed by atoms with van der Waals surface area (Å²) in [5, 5.41) is 5.18. The minimum absolute atomic E-state index is 0.783. The van der Waals surface area contributed by atoms with Gasteiger partial charge in [-0.1, -0.05) is 36.4 Å². The summed E-state index contributed by atoms with van der Waals surface area (Å²) in [6.45, 7) is 0. The van der Waals surface area contributed by atoms with Gasteiger partial charge in [0.15, 0.2) is 0 Å². The maximum atomic E-state index is 3.58. The summed E-state index contributed by atoms with van der Waals surface area (Å²) in [6, 6.07) is 21.1. The lowest BCUT2D eigenvalue weighted by atomic mass is 10.0. The fourth-order valence-electron chi connectivity index (χ4n) is 2.51. The first kappa shape index (κ1) is 9.23. The normalized spacial score (nSPS) is 15.5. The highest BCUT2D eigenvalue weighted by molar-refractivity contribution is 5.98. The van der Waals surface area contributed by atoms with Crippen LogP contribution < -0.4 is 0 Å². The SMILES string of the molecule is [c]1c(C2CC2)ccc2cc3ccccc3cc12. The van der Waals surface area contributed by atoms with Crippen LogP contribution >= 0.6 is 0 Å².